The van der Waals surface area contributed by atoms with E-state index in [4.69, 9.17) is 5.73 Å². The summed E-state index contributed by atoms with van der Waals surface area (Å²) in [5, 5.41) is 16.9. The number of nitrogens with zero attached hydrogens (tertiary/aromatic N) is 3. The zero-order chi connectivity index (χ0) is 18.4. The lowest BCUT2D eigenvalue weighted by atomic mass is 9.94. The highest BCUT2D eigenvalue weighted by atomic mass is 16.1. The number of nitrogen functional groups attached to an aromatic ring is 1. The van der Waals surface area contributed by atoms with E-state index < -0.39 is 0 Å². The molecule has 6 nitrogen and oxygen atoms in total. The van der Waals surface area contributed by atoms with Gasteiger partial charge in [0, 0.05) is 12.5 Å². The molecule has 3 rings (SSSR count). The number of carbonyl (C=O) groups is 1. The second-order valence-electron chi connectivity index (χ2n) is 6.44. The number of hydrogen-bond acceptors (Lipinski definition) is 4. The van der Waals surface area contributed by atoms with Crippen LogP contribution in [0.4, 0.5) is 5.82 Å². The molecule has 26 heavy (non-hydrogen) atoms. The number of aromatic nitrogens is 2. The molecule has 1 aliphatic carbocycles. The molecular weight excluding hydrogens is 326 g/mol. The normalized spacial score (nSPS) is 16.2. The smallest absolute Gasteiger partial charge is 0.223 e. The Labute approximate surface area is 153 Å². The third kappa shape index (κ3) is 3.94. The zero-order valence-corrected chi connectivity index (χ0v) is 14.7. The van der Waals surface area contributed by atoms with Crippen LogP contribution in [-0.2, 0) is 11.2 Å². The van der Waals surface area contributed by atoms with Crippen molar-refractivity contribution in [2.24, 2.45) is 5.92 Å². The maximum absolute atomic E-state index is 12.1. The maximum atomic E-state index is 12.1. The summed E-state index contributed by atoms with van der Waals surface area (Å²) in [7, 11) is 0. The molecule has 0 saturated carbocycles. The van der Waals surface area contributed by atoms with E-state index in [9.17, 15) is 10.1 Å². The van der Waals surface area contributed by atoms with Crippen molar-refractivity contribution in [2.45, 2.75) is 32.1 Å². The molecule has 0 bridgehead atoms. The van der Waals surface area contributed by atoms with E-state index in [0.717, 1.165) is 24.9 Å². The fraction of sp³-hybridized carbons (Fsp3) is 0.350. The third-order valence-corrected chi connectivity index (χ3v) is 4.64. The Balaban J connectivity index is 1.59. The molecular formula is C20H23N5O. The Bertz CT molecular complexity index is 832. The van der Waals surface area contributed by atoms with Crippen LogP contribution in [0, 0.1) is 17.2 Å². The number of nitrogens with one attached hydrogen (secondary N) is 1. The van der Waals surface area contributed by atoms with E-state index >= 15 is 0 Å². The Morgan fingerprint density at radius 2 is 2.15 bits per heavy atom. The average molecular weight is 349 g/mol. The number of allylic oxidation sites excluding steroid dienone is 2. The van der Waals surface area contributed by atoms with E-state index in [-0.39, 0.29) is 11.8 Å². The van der Waals surface area contributed by atoms with E-state index in [1.165, 1.54) is 0 Å². The van der Waals surface area contributed by atoms with Gasteiger partial charge in [0.15, 0.2) is 0 Å². The quantitative estimate of drug-likeness (QED) is 0.619. The monoisotopic (exact) mass is 349 g/mol. The number of carbonyl (C=O) groups excluding carboxylic acids is 1. The lowest BCUT2D eigenvalue weighted by Gasteiger charge is -2.17. The van der Waals surface area contributed by atoms with Gasteiger partial charge in [0.1, 0.15) is 17.5 Å². The number of aryl methyl sites for hydroxylation is 1. The van der Waals surface area contributed by atoms with Gasteiger partial charge >= 0.3 is 0 Å². The number of benzene rings is 1. The van der Waals surface area contributed by atoms with Gasteiger partial charge in [0.05, 0.1) is 11.4 Å². The molecule has 2 aromatic rings. The van der Waals surface area contributed by atoms with Crippen LogP contribution >= 0.6 is 0 Å². The van der Waals surface area contributed by atoms with Crippen LogP contribution in [0.15, 0.2) is 42.5 Å². The SMILES string of the molecule is N#Cc1c(CCCNC(=O)C2CC=CCC2)nn(-c2ccccc2)c1N. The topological polar surface area (TPSA) is 96.7 Å². The molecule has 1 aromatic heterocycles. The van der Waals surface area contributed by atoms with Gasteiger partial charge in [-0.25, -0.2) is 4.68 Å². The summed E-state index contributed by atoms with van der Waals surface area (Å²) in [5.74, 6) is 0.554. The van der Waals surface area contributed by atoms with Crippen LogP contribution in [-0.4, -0.2) is 22.2 Å². The number of rotatable bonds is 6. The van der Waals surface area contributed by atoms with Gasteiger partial charge < -0.3 is 11.1 Å². The summed E-state index contributed by atoms with van der Waals surface area (Å²) in [4.78, 5) is 12.1. The van der Waals surface area contributed by atoms with Crippen LogP contribution in [0.1, 0.15) is 36.9 Å². The molecule has 0 fully saturated rings. The van der Waals surface area contributed by atoms with Crippen molar-refractivity contribution in [2.75, 3.05) is 12.3 Å². The van der Waals surface area contributed by atoms with Crippen LogP contribution in [0.2, 0.25) is 0 Å². The maximum Gasteiger partial charge on any atom is 0.223 e. The van der Waals surface area contributed by atoms with Crippen LogP contribution < -0.4 is 11.1 Å². The van der Waals surface area contributed by atoms with Crippen molar-refractivity contribution in [3.8, 4) is 11.8 Å². The lowest BCUT2D eigenvalue weighted by Crippen LogP contribution is -2.32. The molecule has 6 heteroatoms. The van der Waals surface area contributed by atoms with Crippen LogP contribution in [0.5, 0.6) is 0 Å². The minimum Gasteiger partial charge on any atom is -0.382 e. The van der Waals surface area contributed by atoms with Crippen molar-refractivity contribution >= 4 is 11.7 Å². The van der Waals surface area contributed by atoms with Gasteiger partial charge in [0.2, 0.25) is 5.91 Å². The first-order valence-corrected chi connectivity index (χ1v) is 8.96. The van der Waals surface area contributed by atoms with Gasteiger partial charge in [-0.05, 0) is 44.2 Å². The van der Waals surface area contributed by atoms with Gasteiger partial charge in [-0.1, -0.05) is 30.4 Å². The molecule has 0 aliphatic heterocycles. The second kappa shape index (κ2) is 8.34. The molecule has 1 unspecified atom stereocenters. The highest BCUT2D eigenvalue weighted by Gasteiger charge is 2.19. The molecule has 0 spiro atoms. The first kappa shape index (κ1) is 17.7. The summed E-state index contributed by atoms with van der Waals surface area (Å²) in [5.41, 5.74) is 8.01. The average Bonchev–Trinajstić information content (AvgIpc) is 3.01. The predicted octanol–water partition coefficient (Wildman–Crippen LogP) is 2.73. The van der Waals surface area contributed by atoms with Gasteiger partial charge in [-0.15, -0.1) is 0 Å². The first-order chi connectivity index (χ1) is 12.7. The molecule has 3 N–H and O–H groups in total. The first-order valence-electron chi connectivity index (χ1n) is 8.96. The number of amides is 1. The summed E-state index contributed by atoms with van der Waals surface area (Å²) in [6.45, 7) is 0.571. The highest BCUT2D eigenvalue weighted by Crippen LogP contribution is 2.21. The van der Waals surface area contributed by atoms with Gasteiger partial charge in [-0.3, -0.25) is 4.79 Å². The number of nitriles is 1. The molecule has 1 amide bonds. The summed E-state index contributed by atoms with van der Waals surface area (Å²) < 4.78 is 1.60. The van der Waals surface area contributed by atoms with Gasteiger partial charge in [0.25, 0.3) is 0 Å². The van der Waals surface area contributed by atoms with Crippen LogP contribution in [0.25, 0.3) is 5.69 Å². The highest BCUT2D eigenvalue weighted by molar-refractivity contribution is 5.78. The van der Waals surface area contributed by atoms with Crippen molar-refractivity contribution in [1.29, 1.82) is 5.26 Å². The predicted molar refractivity (Wildman–Crippen MR) is 101 cm³/mol. The molecule has 0 saturated heterocycles. The number of para-hydroxylation sites is 1. The fourth-order valence-corrected chi connectivity index (χ4v) is 3.18. The van der Waals surface area contributed by atoms with E-state index in [2.05, 4.69) is 28.6 Å². The molecule has 134 valence electrons. The molecule has 1 aromatic carbocycles. The Kier molecular flexibility index (Phi) is 5.69. The van der Waals surface area contributed by atoms with Crippen molar-refractivity contribution < 1.29 is 4.79 Å². The summed E-state index contributed by atoms with van der Waals surface area (Å²) >= 11 is 0. The molecule has 1 heterocycles. The Morgan fingerprint density at radius 1 is 1.35 bits per heavy atom. The number of anilines is 1. The summed E-state index contributed by atoms with van der Waals surface area (Å²) in [6.07, 6.45) is 8.22. The Hall–Kier alpha value is -3.07. The van der Waals surface area contributed by atoms with Crippen molar-refractivity contribution in [3.63, 3.8) is 0 Å². The zero-order valence-electron chi connectivity index (χ0n) is 14.7. The van der Waals surface area contributed by atoms with E-state index in [1.807, 2.05) is 30.3 Å². The molecule has 0 radical (unpaired) electrons. The van der Waals surface area contributed by atoms with E-state index in [0.29, 0.717) is 36.5 Å². The minimum atomic E-state index is 0.0857. The lowest BCUT2D eigenvalue weighted by molar-refractivity contribution is -0.125. The Morgan fingerprint density at radius 3 is 2.85 bits per heavy atom. The summed E-state index contributed by atoms with van der Waals surface area (Å²) in [6, 6.07) is 11.7. The number of hydrogen-bond donors (Lipinski definition) is 2. The standard InChI is InChI=1S/C20H23N5O/c21-14-17-18(24-25(19(17)22)16-10-5-2-6-11-16)12-7-13-23-20(26)15-8-3-1-4-9-15/h1-3,5-6,10-11,15H,4,7-9,12-13,22H2,(H,23,26). The van der Waals surface area contributed by atoms with Crippen molar-refractivity contribution in [3.05, 3.63) is 53.7 Å². The largest absolute Gasteiger partial charge is 0.382 e. The minimum absolute atomic E-state index is 0.0857. The van der Waals surface area contributed by atoms with Gasteiger partial charge in [-0.2, -0.15) is 10.4 Å². The fourth-order valence-electron chi connectivity index (χ4n) is 3.18. The van der Waals surface area contributed by atoms with E-state index in [1.54, 1.807) is 4.68 Å². The number of nitrogens with two attached hydrogens (primary N) is 1. The third-order valence-electron chi connectivity index (χ3n) is 4.64. The van der Waals surface area contributed by atoms with Crippen molar-refractivity contribution in [1.82, 2.24) is 15.1 Å². The molecule has 1 atom stereocenters. The van der Waals surface area contributed by atoms with Crippen LogP contribution in [0.3, 0.4) is 0 Å². The molecule has 1 aliphatic rings. The second-order valence-corrected chi connectivity index (χ2v) is 6.44.